The number of nitrogens with one attached hydrogen (secondary N) is 2. The molecular formula is C21H15ClN4O3S2. The molecule has 4 aromatic rings. The summed E-state index contributed by atoms with van der Waals surface area (Å²) >= 11 is 7.13. The topological polar surface area (TPSA) is 101 Å². The summed E-state index contributed by atoms with van der Waals surface area (Å²) in [5, 5.41) is 12.4. The highest BCUT2D eigenvalue weighted by molar-refractivity contribution is 7.92. The molecule has 0 atom stereocenters. The van der Waals surface area contributed by atoms with Gasteiger partial charge in [0.05, 0.1) is 4.90 Å². The fourth-order valence-electron chi connectivity index (χ4n) is 2.66. The van der Waals surface area contributed by atoms with Crippen molar-refractivity contribution in [1.29, 1.82) is 0 Å². The van der Waals surface area contributed by atoms with E-state index < -0.39 is 10.0 Å². The highest BCUT2D eigenvalue weighted by Crippen LogP contribution is 2.27. The number of nitrogens with zero attached hydrogens (tertiary/aromatic N) is 2. The smallest absolute Gasteiger partial charge is 0.261 e. The molecule has 0 fully saturated rings. The number of amides is 1. The van der Waals surface area contributed by atoms with Gasteiger partial charge >= 0.3 is 0 Å². The first-order valence-electron chi connectivity index (χ1n) is 8.99. The van der Waals surface area contributed by atoms with Crippen molar-refractivity contribution in [3.63, 3.8) is 0 Å². The van der Waals surface area contributed by atoms with Crippen molar-refractivity contribution in [2.45, 2.75) is 4.90 Å². The maximum atomic E-state index is 12.5. The molecule has 4 rings (SSSR count). The first-order chi connectivity index (χ1) is 14.9. The number of halogens is 1. The number of hydrogen-bond donors (Lipinski definition) is 2. The zero-order chi connectivity index (χ0) is 21.8. The number of carbonyl (C=O) groups is 1. The third-order valence-corrected chi connectivity index (χ3v) is 6.73. The van der Waals surface area contributed by atoms with Gasteiger partial charge in [-0.1, -0.05) is 53.3 Å². The lowest BCUT2D eigenvalue weighted by molar-refractivity contribution is 0.102. The van der Waals surface area contributed by atoms with Crippen LogP contribution in [0.1, 0.15) is 10.4 Å². The zero-order valence-corrected chi connectivity index (χ0v) is 18.2. The molecule has 0 bridgehead atoms. The Bertz CT molecular complexity index is 1310. The molecule has 0 saturated carbocycles. The summed E-state index contributed by atoms with van der Waals surface area (Å²) in [6, 6.07) is 21.3. The highest BCUT2D eigenvalue weighted by atomic mass is 35.5. The van der Waals surface area contributed by atoms with Crippen molar-refractivity contribution >= 4 is 49.7 Å². The van der Waals surface area contributed by atoms with Gasteiger partial charge in [-0.05, 0) is 48.5 Å². The van der Waals surface area contributed by atoms with E-state index in [1.165, 1.54) is 47.7 Å². The molecule has 0 aliphatic heterocycles. The molecule has 3 aromatic carbocycles. The monoisotopic (exact) mass is 470 g/mol. The minimum atomic E-state index is -3.70. The minimum absolute atomic E-state index is 0.157. The van der Waals surface area contributed by atoms with E-state index in [1.54, 1.807) is 30.3 Å². The maximum absolute atomic E-state index is 12.5. The van der Waals surface area contributed by atoms with Gasteiger partial charge in [0.1, 0.15) is 5.01 Å². The second kappa shape index (κ2) is 8.84. The largest absolute Gasteiger partial charge is 0.296 e. The van der Waals surface area contributed by atoms with Gasteiger partial charge in [0, 0.05) is 21.8 Å². The molecule has 0 spiro atoms. The lowest BCUT2D eigenvalue weighted by Crippen LogP contribution is -2.14. The van der Waals surface area contributed by atoms with E-state index in [2.05, 4.69) is 20.2 Å². The van der Waals surface area contributed by atoms with Gasteiger partial charge in [0.15, 0.2) is 0 Å². The Balaban J connectivity index is 1.42. The van der Waals surface area contributed by atoms with Gasteiger partial charge in [-0.2, -0.15) is 0 Å². The van der Waals surface area contributed by atoms with Crippen LogP contribution < -0.4 is 10.0 Å². The van der Waals surface area contributed by atoms with Crippen molar-refractivity contribution in [1.82, 2.24) is 10.2 Å². The van der Waals surface area contributed by atoms with Crippen LogP contribution in [0.3, 0.4) is 0 Å². The molecular weight excluding hydrogens is 456 g/mol. The summed E-state index contributed by atoms with van der Waals surface area (Å²) < 4.78 is 27.3. The predicted octanol–water partition coefficient (Wildman–Crippen LogP) is 4.91. The second-order valence-electron chi connectivity index (χ2n) is 6.37. The molecule has 0 aliphatic rings. The van der Waals surface area contributed by atoms with E-state index in [4.69, 9.17) is 11.6 Å². The summed E-state index contributed by atoms with van der Waals surface area (Å²) in [6.07, 6.45) is 0. The summed E-state index contributed by atoms with van der Waals surface area (Å²) in [5.74, 6) is -0.378. The molecule has 1 aromatic heterocycles. The van der Waals surface area contributed by atoms with E-state index in [9.17, 15) is 13.2 Å². The van der Waals surface area contributed by atoms with Gasteiger partial charge in [0.2, 0.25) is 5.13 Å². The van der Waals surface area contributed by atoms with Crippen molar-refractivity contribution in [3.8, 4) is 10.6 Å². The Labute approximate surface area is 187 Å². The molecule has 0 saturated heterocycles. The molecule has 31 heavy (non-hydrogen) atoms. The molecule has 1 amide bonds. The van der Waals surface area contributed by atoms with Crippen LogP contribution in [0.5, 0.6) is 0 Å². The van der Waals surface area contributed by atoms with Gasteiger partial charge in [-0.15, -0.1) is 10.2 Å². The molecule has 0 aliphatic carbocycles. The van der Waals surface area contributed by atoms with E-state index in [-0.39, 0.29) is 10.8 Å². The van der Waals surface area contributed by atoms with Crippen LogP contribution in [0, 0.1) is 0 Å². The number of rotatable bonds is 6. The number of sulfonamides is 1. The lowest BCUT2D eigenvalue weighted by Gasteiger charge is -2.08. The minimum Gasteiger partial charge on any atom is -0.296 e. The van der Waals surface area contributed by atoms with Crippen LogP contribution in [0.25, 0.3) is 10.6 Å². The average Bonchev–Trinajstić information content (AvgIpc) is 3.23. The summed E-state index contributed by atoms with van der Waals surface area (Å²) in [5.41, 5.74) is 1.55. The first-order valence-corrected chi connectivity index (χ1v) is 11.7. The Morgan fingerprint density at radius 1 is 0.871 bits per heavy atom. The summed E-state index contributed by atoms with van der Waals surface area (Å²) in [4.78, 5) is 12.7. The summed E-state index contributed by atoms with van der Waals surface area (Å²) in [6.45, 7) is 0. The fraction of sp³-hybridized carbons (Fsp3) is 0. The van der Waals surface area contributed by atoms with E-state index >= 15 is 0 Å². The average molecular weight is 471 g/mol. The fourth-order valence-corrected chi connectivity index (χ4v) is 4.61. The molecule has 0 unspecified atom stereocenters. The van der Waals surface area contributed by atoms with Crippen LogP contribution in [-0.4, -0.2) is 24.5 Å². The summed E-state index contributed by atoms with van der Waals surface area (Å²) in [7, 11) is -3.70. The molecule has 0 radical (unpaired) electrons. The highest BCUT2D eigenvalue weighted by Gasteiger charge is 2.15. The third kappa shape index (κ3) is 5.08. The number of benzene rings is 3. The quantitative estimate of drug-likeness (QED) is 0.417. The van der Waals surface area contributed by atoms with Crippen molar-refractivity contribution in [2.24, 2.45) is 0 Å². The molecule has 1 heterocycles. The van der Waals surface area contributed by atoms with Crippen LogP contribution in [0.15, 0.2) is 83.8 Å². The molecule has 7 nitrogen and oxygen atoms in total. The standard InChI is InChI=1S/C21H15ClN4O3S2/c22-16-10-6-15(7-11-16)20-24-25-21(30-20)23-19(27)14-8-12-17(13-9-14)26-31(28,29)18-4-2-1-3-5-18/h1-13,26H,(H,23,25,27). The Kier molecular flexibility index (Phi) is 5.99. The number of aromatic nitrogens is 2. The normalized spacial score (nSPS) is 11.1. The van der Waals surface area contributed by atoms with Crippen molar-refractivity contribution in [3.05, 3.63) is 89.4 Å². The van der Waals surface area contributed by atoms with Gasteiger partial charge in [-0.3, -0.25) is 14.8 Å². The SMILES string of the molecule is O=C(Nc1nnc(-c2ccc(Cl)cc2)s1)c1ccc(NS(=O)(=O)c2ccccc2)cc1. The van der Waals surface area contributed by atoms with Crippen molar-refractivity contribution in [2.75, 3.05) is 10.0 Å². The first kappa shape index (κ1) is 21.0. The number of anilines is 2. The Hall–Kier alpha value is -3.27. The van der Waals surface area contributed by atoms with Gasteiger partial charge < -0.3 is 0 Å². The predicted molar refractivity (Wildman–Crippen MR) is 122 cm³/mol. The Morgan fingerprint density at radius 2 is 1.55 bits per heavy atom. The van der Waals surface area contributed by atoms with Crippen LogP contribution in [-0.2, 0) is 10.0 Å². The number of hydrogen-bond acceptors (Lipinski definition) is 6. The Morgan fingerprint density at radius 3 is 2.23 bits per heavy atom. The van der Waals surface area contributed by atoms with Crippen LogP contribution in [0.2, 0.25) is 5.02 Å². The molecule has 156 valence electrons. The van der Waals surface area contributed by atoms with Gasteiger partial charge in [-0.25, -0.2) is 8.42 Å². The number of carbonyl (C=O) groups excluding carboxylic acids is 1. The van der Waals surface area contributed by atoms with E-state index in [1.807, 2.05) is 12.1 Å². The van der Waals surface area contributed by atoms with E-state index in [0.717, 1.165) is 5.56 Å². The van der Waals surface area contributed by atoms with Crippen LogP contribution in [0.4, 0.5) is 10.8 Å². The third-order valence-electron chi connectivity index (χ3n) is 4.19. The van der Waals surface area contributed by atoms with E-state index in [0.29, 0.717) is 26.4 Å². The van der Waals surface area contributed by atoms with Crippen LogP contribution >= 0.6 is 22.9 Å². The molecule has 2 N–H and O–H groups in total. The lowest BCUT2D eigenvalue weighted by atomic mass is 10.2. The van der Waals surface area contributed by atoms with Crippen molar-refractivity contribution < 1.29 is 13.2 Å². The maximum Gasteiger partial charge on any atom is 0.261 e. The zero-order valence-electron chi connectivity index (χ0n) is 15.8. The second-order valence-corrected chi connectivity index (χ2v) is 9.47. The molecule has 10 heteroatoms. The van der Waals surface area contributed by atoms with Gasteiger partial charge in [0.25, 0.3) is 15.9 Å².